The number of nitrogens with zero attached hydrogens (tertiary/aromatic N) is 2. The molecule has 0 amide bonds. The van der Waals surface area contributed by atoms with Gasteiger partial charge in [-0.15, -0.1) is 11.3 Å². The molecule has 2 heterocycles. The third-order valence-electron chi connectivity index (χ3n) is 1.97. The first-order chi connectivity index (χ1) is 6.72. The van der Waals surface area contributed by atoms with E-state index in [0.717, 1.165) is 11.4 Å². The average molecular weight is 210 g/mol. The van der Waals surface area contributed by atoms with Crippen LogP contribution in [0.15, 0.2) is 16.2 Å². The first-order valence-electron chi connectivity index (χ1n) is 4.30. The fourth-order valence-corrected chi connectivity index (χ4v) is 2.35. The lowest BCUT2D eigenvalue weighted by Crippen LogP contribution is -2.15. The molecular formula is C9H10N2O2S. The minimum atomic E-state index is -0.0720. The number of fused-ring (bicyclic) bond motifs is 1. The van der Waals surface area contributed by atoms with Crippen LogP contribution in [0.25, 0.3) is 4.96 Å². The van der Waals surface area contributed by atoms with Crippen LogP contribution in [0.2, 0.25) is 0 Å². The summed E-state index contributed by atoms with van der Waals surface area (Å²) in [4.78, 5) is 16.5. The largest absolute Gasteiger partial charge is 0.396 e. The summed E-state index contributed by atoms with van der Waals surface area (Å²) in [5.74, 6) is 0. The van der Waals surface area contributed by atoms with Gasteiger partial charge in [0.15, 0.2) is 4.96 Å². The predicted octanol–water partition coefficient (Wildman–Crippen LogP) is 0.599. The summed E-state index contributed by atoms with van der Waals surface area (Å²) >= 11 is 1.42. The number of aliphatic hydroxyl groups excluding tert-OH is 1. The zero-order chi connectivity index (χ0) is 10.1. The Bertz CT molecular complexity index is 515. The van der Waals surface area contributed by atoms with E-state index in [1.807, 2.05) is 5.38 Å². The first-order valence-corrected chi connectivity index (χ1v) is 5.18. The summed E-state index contributed by atoms with van der Waals surface area (Å²) in [5.41, 5.74) is 1.48. The number of hydrogen-bond donors (Lipinski definition) is 1. The summed E-state index contributed by atoms with van der Waals surface area (Å²) in [6.45, 7) is 1.85. The third kappa shape index (κ3) is 1.44. The normalized spacial score (nSPS) is 11.0. The number of rotatable bonds is 2. The van der Waals surface area contributed by atoms with E-state index in [4.69, 9.17) is 5.11 Å². The van der Waals surface area contributed by atoms with Crippen LogP contribution in [0, 0.1) is 6.92 Å². The van der Waals surface area contributed by atoms with Crippen molar-refractivity contribution < 1.29 is 5.11 Å². The fraction of sp³-hybridized carbons (Fsp3) is 0.333. The molecule has 0 saturated heterocycles. The molecular weight excluding hydrogens is 200 g/mol. The van der Waals surface area contributed by atoms with Crippen molar-refractivity contribution in [3.8, 4) is 0 Å². The molecule has 5 heteroatoms. The molecule has 0 atom stereocenters. The maximum Gasteiger partial charge on any atom is 0.258 e. The zero-order valence-corrected chi connectivity index (χ0v) is 8.54. The minimum Gasteiger partial charge on any atom is -0.396 e. The van der Waals surface area contributed by atoms with Crippen molar-refractivity contribution in [3.05, 3.63) is 33.2 Å². The highest BCUT2D eigenvalue weighted by atomic mass is 32.1. The fourth-order valence-electron chi connectivity index (χ4n) is 1.37. The maximum atomic E-state index is 11.6. The number of aryl methyl sites for hydroxylation is 1. The molecule has 2 rings (SSSR count). The van der Waals surface area contributed by atoms with Gasteiger partial charge >= 0.3 is 0 Å². The van der Waals surface area contributed by atoms with Crippen LogP contribution in [0.3, 0.4) is 0 Å². The van der Waals surface area contributed by atoms with E-state index in [1.165, 1.54) is 17.4 Å². The lowest BCUT2D eigenvalue weighted by molar-refractivity contribution is 0.298. The van der Waals surface area contributed by atoms with E-state index < -0.39 is 0 Å². The smallest absolute Gasteiger partial charge is 0.258 e. The molecule has 1 N–H and O–H groups in total. The minimum absolute atomic E-state index is 0.0478. The van der Waals surface area contributed by atoms with Crippen molar-refractivity contribution in [2.75, 3.05) is 6.61 Å². The molecule has 14 heavy (non-hydrogen) atoms. The Morgan fingerprint density at radius 2 is 2.43 bits per heavy atom. The van der Waals surface area contributed by atoms with Crippen molar-refractivity contribution in [3.63, 3.8) is 0 Å². The van der Waals surface area contributed by atoms with Crippen LogP contribution < -0.4 is 5.56 Å². The standard InChI is InChI=1S/C9H10N2O2S/c1-6-4-8(13)11-7(2-3-12)5-14-9(11)10-6/h4-5,12H,2-3H2,1H3. The van der Waals surface area contributed by atoms with Crippen molar-refractivity contribution in [1.29, 1.82) is 0 Å². The summed E-state index contributed by atoms with van der Waals surface area (Å²) < 4.78 is 1.55. The SMILES string of the molecule is Cc1cc(=O)n2c(CCO)csc2n1. The van der Waals surface area contributed by atoms with Gasteiger partial charge in [0.2, 0.25) is 0 Å². The van der Waals surface area contributed by atoms with Crippen molar-refractivity contribution in [1.82, 2.24) is 9.38 Å². The zero-order valence-electron chi connectivity index (χ0n) is 7.73. The van der Waals surface area contributed by atoms with E-state index in [1.54, 1.807) is 11.3 Å². The highest BCUT2D eigenvalue weighted by Crippen LogP contribution is 2.12. The van der Waals surface area contributed by atoms with Crippen LogP contribution in [-0.4, -0.2) is 21.1 Å². The van der Waals surface area contributed by atoms with Gasteiger partial charge in [-0.1, -0.05) is 0 Å². The van der Waals surface area contributed by atoms with Gasteiger partial charge in [0.25, 0.3) is 5.56 Å². The van der Waals surface area contributed by atoms with Gasteiger partial charge < -0.3 is 5.11 Å². The van der Waals surface area contributed by atoms with Crippen LogP contribution in [0.4, 0.5) is 0 Å². The Balaban J connectivity index is 2.73. The third-order valence-corrected chi connectivity index (χ3v) is 2.85. The van der Waals surface area contributed by atoms with Crippen molar-refractivity contribution >= 4 is 16.3 Å². The van der Waals surface area contributed by atoms with E-state index >= 15 is 0 Å². The van der Waals surface area contributed by atoms with Gasteiger partial charge in [-0.2, -0.15) is 0 Å². The van der Waals surface area contributed by atoms with Gasteiger partial charge in [-0.3, -0.25) is 9.20 Å². The predicted molar refractivity (Wildman–Crippen MR) is 54.9 cm³/mol. The highest BCUT2D eigenvalue weighted by Gasteiger charge is 2.06. The molecule has 0 aromatic carbocycles. The molecule has 0 aliphatic carbocycles. The number of aromatic nitrogens is 2. The second-order valence-corrected chi connectivity index (χ2v) is 3.89. The molecule has 0 radical (unpaired) electrons. The van der Waals surface area contributed by atoms with E-state index in [0.29, 0.717) is 11.4 Å². The Kier molecular flexibility index (Phi) is 2.35. The molecule has 0 aliphatic rings. The summed E-state index contributed by atoms with van der Waals surface area (Å²) in [7, 11) is 0. The molecule has 74 valence electrons. The molecule has 2 aromatic heterocycles. The first kappa shape index (κ1) is 9.36. The Morgan fingerprint density at radius 1 is 1.64 bits per heavy atom. The number of hydrogen-bond acceptors (Lipinski definition) is 4. The van der Waals surface area contributed by atoms with Crippen molar-refractivity contribution in [2.24, 2.45) is 0 Å². The Hall–Kier alpha value is -1.20. The molecule has 0 bridgehead atoms. The quantitative estimate of drug-likeness (QED) is 0.789. The molecule has 0 saturated carbocycles. The second kappa shape index (κ2) is 3.51. The Morgan fingerprint density at radius 3 is 3.14 bits per heavy atom. The van der Waals surface area contributed by atoms with E-state index in [9.17, 15) is 4.79 Å². The highest BCUT2D eigenvalue weighted by molar-refractivity contribution is 7.15. The summed E-state index contributed by atoms with van der Waals surface area (Å²) in [6.07, 6.45) is 0.491. The van der Waals surface area contributed by atoms with Crippen molar-refractivity contribution in [2.45, 2.75) is 13.3 Å². The lowest BCUT2D eigenvalue weighted by atomic mass is 10.3. The average Bonchev–Trinajstić information content (AvgIpc) is 2.49. The second-order valence-electron chi connectivity index (χ2n) is 3.05. The Labute approximate surface area is 84.5 Å². The molecule has 0 unspecified atom stereocenters. The van der Waals surface area contributed by atoms with Gasteiger partial charge in [-0.05, 0) is 6.92 Å². The van der Waals surface area contributed by atoms with E-state index in [2.05, 4.69) is 4.98 Å². The van der Waals surface area contributed by atoms with Gasteiger partial charge in [0.1, 0.15) is 0 Å². The van der Waals surface area contributed by atoms with Crippen LogP contribution >= 0.6 is 11.3 Å². The van der Waals surface area contributed by atoms with Gasteiger partial charge in [-0.25, -0.2) is 4.98 Å². The molecule has 0 spiro atoms. The van der Waals surface area contributed by atoms with Crippen LogP contribution in [-0.2, 0) is 6.42 Å². The molecule has 0 fully saturated rings. The molecule has 4 nitrogen and oxygen atoms in total. The van der Waals surface area contributed by atoms with Crippen LogP contribution in [0.1, 0.15) is 11.4 Å². The monoisotopic (exact) mass is 210 g/mol. The van der Waals surface area contributed by atoms with Gasteiger partial charge in [0.05, 0.1) is 0 Å². The van der Waals surface area contributed by atoms with Gasteiger partial charge in [0, 0.05) is 35.9 Å². The van der Waals surface area contributed by atoms with E-state index in [-0.39, 0.29) is 12.2 Å². The summed E-state index contributed by atoms with van der Waals surface area (Å²) in [5, 5.41) is 10.7. The number of aliphatic hydroxyl groups is 1. The lowest BCUT2D eigenvalue weighted by Gasteiger charge is -1.98. The van der Waals surface area contributed by atoms with Crippen LogP contribution in [0.5, 0.6) is 0 Å². The summed E-state index contributed by atoms with van der Waals surface area (Å²) in [6, 6.07) is 1.50. The maximum absolute atomic E-state index is 11.6. The number of thiazole rings is 1. The molecule has 0 aliphatic heterocycles. The topological polar surface area (TPSA) is 54.6 Å². The molecule has 2 aromatic rings.